The van der Waals surface area contributed by atoms with Gasteiger partial charge in [-0.15, -0.1) is 0 Å². The maximum absolute atomic E-state index is 10.3. The molecule has 1 aliphatic rings. The molecule has 1 N–H and O–H groups in total. The Kier molecular flexibility index (Phi) is 4.41. The zero-order chi connectivity index (χ0) is 14.7. The van der Waals surface area contributed by atoms with Gasteiger partial charge in [0.25, 0.3) is 0 Å². The number of likely N-dealkylation sites (tertiary alicyclic amines) is 1. The van der Waals surface area contributed by atoms with Crippen molar-refractivity contribution in [2.24, 2.45) is 5.92 Å². The fraction of sp³-hybridized carbons (Fsp3) is 0.562. The lowest BCUT2D eigenvalue weighted by atomic mass is 9.99. The molecular formula is C16H24N4O. The Morgan fingerprint density at radius 2 is 1.95 bits per heavy atom. The van der Waals surface area contributed by atoms with E-state index in [1.54, 1.807) is 0 Å². The quantitative estimate of drug-likeness (QED) is 0.912. The summed E-state index contributed by atoms with van der Waals surface area (Å²) in [4.78, 5) is 2.36. The van der Waals surface area contributed by atoms with Crippen LogP contribution in [0.1, 0.15) is 19.8 Å². The van der Waals surface area contributed by atoms with Crippen molar-refractivity contribution in [3.8, 4) is 5.69 Å². The summed E-state index contributed by atoms with van der Waals surface area (Å²) in [5, 5.41) is 14.6. The molecule has 2 aromatic heterocycles. The molecule has 0 spiro atoms. The van der Waals surface area contributed by atoms with Crippen LogP contribution in [-0.2, 0) is 6.54 Å². The molecule has 0 aromatic carbocycles. The first-order valence-corrected chi connectivity index (χ1v) is 7.77. The molecule has 0 radical (unpaired) electrons. The Hall–Kier alpha value is -1.59. The van der Waals surface area contributed by atoms with Crippen LogP contribution in [0.2, 0.25) is 0 Å². The van der Waals surface area contributed by atoms with E-state index in [9.17, 15) is 5.11 Å². The standard InChI is InChI=1S/C16H24N4O/c1-14-4-8-18(9-5-14)12-16(21)13-20-11-15(10-17-20)19-6-2-3-7-19/h2-3,6-7,10-11,14,16,21H,4-5,8-9,12-13H2,1H3/t16-/m1/s1. The predicted octanol–water partition coefficient (Wildman–Crippen LogP) is 1.77. The summed E-state index contributed by atoms with van der Waals surface area (Å²) in [6.07, 6.45) is 9.91. The van der Waals surface area contributed by atoms with E-state index in [1.165, 1.54) is 12.8 Å². The Balaban J connectivity index is 1.52. The second kappa shape index (κ2) is 6.45. The van der Waals surface area contributed by atoms with E-state index in [4.69, 9.17) is 0 Å². The van der Waals surface area contributed by atoms with Crippen LogP contribution in [-0.4, -0.2) is 50.1 Å². The minimum Gasteiger partial charge on any atom is -0.390 e. The molecule has 0 aliphatic carbocycles. The molecule has 0 unspecified atom stereocenters. The van der Waals surface area contributed by atoms with Gasteiger partial charge in [0.15, 0.2) is 0 Å². The minimum absolute atomic E-state index is 0.365. The Labute approximate surface area is 125 Å². The summed E-state index contributed by atoms with van der Waals surface area (Å²) in [5.74, 6) is 0.827. The summed E-state index contributed by atoms with van der Waals surface area (Å²) in [7, 11) is 0. The molecule has 0 amide bonds. The van der Waals surface area contributed by atoms with E-state index >= 15 is 0 Å². The lowest BCUT2D eigenvalue weighted by Crippen LogP contribution is -2.39. The molecule has 21 heavy (non-hydrogen) atoms. The monoisotopic (exact) mass is 288 g/mol. The SMILES string of the molecule is CC1CCN(C[C@@H](O)Cn2cc(-n3cccc3)cn2)CC1. The van der Waals surface area contributed by atoms with Crippen molar-refractivity contribution in [2.45, 2.75) is 32.4 Å². The third-order valence-electron chi connectivity index (χ3n) is 4.27. The third kappa shape index (κ3) is 3.74. The summed E-state index contributed by atoms with van der Waals surface area (Å²) < 4.78 is 3.84. The van der Waals surface area contributed by atoms with Crippen LogP contribution in [0.15, 0.2) is 36.9 Å². The molecule has 1 saturated heterocycles. The molecule has 0 bridgehead atoms. The van der Waals surface area contributed by atoms with Gasteiger partial charge in [-0.1, -0.05) is 6.92 Å². The van der Waals surface area contributed by atoms with Crippen LogP contribution in [0.4, 0.5) is 0 Å². The van der Waals surface area contributed by atoms with Crippen LogP contribution in [0.5, 0.6) is 0 Å². The van der Waals surface area contributed by atoms with Crippen LogP contribution >= 0.6 is 0 Å². The molecule has 114 valence electrons. The largest absolute Gasteiger partial charge is 0.390 e. The number of nitrogens with zero attached hydrogens (tertiary/aromatic N) is 4. The number of hydrogen-bond acceptors (Lipinski definition) is 3. The van der Waals surface area contributed by atoms with Crippen LogP contribution in [0, 0.1) is 5.92 Å². The normalized spacial score (nSPS) is 19.0. The fourth-order valence-electron chi connectivity index (χ4n) is 2.91. The molecule has 1 aliphatic heterocycles. The molecule has 1 atom stereocenters. The van der Waals surface area contributed by atoms with Crippen molar-refractivity contribution in [3.63, 3.8) is 0 Å². The highest BCUT2D eigenvalue weighted by atomic mass is 16.3. The fourth-order valence-corrected chi connectivity index (χ4v) is 2.91. The lowest BCUT2D eigenvalue weighted by Gasteiger charge is -2.31. The Morgan fingerprint density at radius 3 is 2.67 bits per heavy atom. The first-order chi connectivity index (χ1) is 10.2. The van der Waals surface area contributed by atoms with E-state index < -0.39 is 0 Å². The number of rotatable bonds is 5. The summed E-state index contributed by atoms with van der Waals surface area (Å²) in [6.45, 7) is 5.80. The van der Waals surface area contributed by atoms with Gasteiger partial charge in [0.2, 0.25) is 0 Å². The molecule has 5 heteroatoms. The molecule has 5 nitrogen and oxygen atoms in total. The average molecular weight is 288 g/mol. The predicted molar refractivity (Wildman–Crippen MR) is 82.4 cm³/mol. The number of aliphatic hydroxyl groups is 1. The van der Waals surface area contributed by atoms with Gasteiger partial charge in [-0.05, 0) is 44.0 Å². The molecule has 2 aromatic rings. The van der Waals surface area contributed by atoms with Gasteiger partial charge in [-0.25, -0.2) is 0 Å². The van der Waals surface area contributed by atoms with E-state index in [-0.39, 0.29) is 6.10 Å². The van der Waals surface area contributed by atoms with Gasteiger partial charge in [-0.3, -0.25) is 4.68 Å². The number of aliphatic hydroxyl groups excluding tert-OH is 1. The Bertz CT molecular complexity index is 540. The maximum atomic E-state index is 10.3. The maximum Gasteiger partial charge on any atom is 0.0862 e. The third-order valence-corrected chi connectivity index (χ3v) is 4.27. The zero-order valence-electron chi connectivity index (χ0n) is 12.6. The van der Waals surface area contributed by atoms with Crippen molar-refractivity contribution < 1.29 is 5.11 Å². The first kappa shape index (κ1) is 14.4. The number of β-amino-alcohol motifs (C(OH)–C–C–N with tert-alkyl or cyclic N) is 1. The lowest BCUT2D eigenvalue weighted by molar-refractivity contribution is 0.0777. The number of hydrogen-bond donors (Lipinski definition) is 1. The first-order valence-electron chi connectivity index (χ1n) is 7.77. The smallest absolute Gasteiger partial charge is 0.0862 e. The van der Waals surface area contributed by atoms with E-state index in [0.29, 0.717) is 6.54 Å². The number of piperidine rings is 1. The number of aromatic nitrogens is 3. The second-order valence-electron chi connectivity index (χ2n) is 6.15. The van der Waals surface area contributed by atoms with Gasteiger partial charge < -0.3 is 14.6 Å². The van der Waals surface area contributed by atoms with E-state index in [1.807, 2.05) is 46.2 Å². The highest BCUT2D eigenvalue weighted by Crippen LogP contribution is 2.16. The highest BCUT2D eigenvalue weighted by Gasteiger charge is 2.18. The summed E-state index contributed by atoms with van der Waals surface area (Å²) in [6, 6.07) is 3.98. The van der Waals surface area contributed by atoms with Crippen molar-refractivity contribution in [3.05, 3.63) is 36.9 Å². The van der Waals surface area contributed by atoms with Crippen molar-refractivity contribution in [2.75, 3.05) is 19.6 Å². The van der Waals surface area contributed by atoms with Gasteiger partial charge >= 0.3 is 0 Å². The van der Waals surface area contributed by atoms with Crippen molar-refractivity contribution in [1.29, 1.82) is 0 Å². The van der Waals surface area contributed by atoms with E-state index in [2.05, 4.69) is 16.9 Å². The van der Waals surface area contributed by atoms with Crippen LogP contribution in [0.25, 0.3) is 5.69 Å². The van der Waals surface area contributed by atoms with Crippen molar-refractivity contribution >= 4 is 0 Å². The molecule has 1 fully saturated rings. The molecule has 3 rings (SSSR count). The molecule has 0 saturated carbocycles. The van der Waals surface area contributed by atoms with Crippen molar-refractivity contribution in [1.82, 2.24) is 19.2 Å². The second-order valence-corrected chi connectivity index (χ2v) is 6.15. The van der Waals surface area contributed by atoms with E-state index in [0.717, 1.165) is 31.2 Å². The van der Waals surface area contributed by atoms with Crippen LogP contribution < -0.4 is 0 Å². The zero-order valence-corrected chi connectivity index (χ0v) is 12.6. The minimum atomic E-state index is -0.365. The highest BCUT2D eigenvalue weighted by molar-refractivity contribution is 5.26. The average Bonchev–Trinajstić information content (AvgIpc) is 3.12. The van der Waals surface area contributed by atoms with Gasteiger partial charge in [0.05, 0.1) is 24.5 Å². The van der Waals surface area contributed by atoms with Gasteiger partial charge in [0, 0.05) is 25.1 Å². The van der Waals surface area contributed by atoms with Gasteiger partial charge in [-0.2, -0.15) is 5.10 Å². The molecule has 3 heterocycles. The van der Waals surface area contributed by atoms with Crippen LogP contribution in [0.3, 0.4) is 0 Å². The topological polar surface area (TPSA) is 46.2 Å². The summed E-state index contributed by atoms with van der Waals surface area (Å²) >= 11 is 0. The van der Waals surface area contributed by atoms with Gasteiger partial charge in [0.1, 0.15) is 0 Å². The summed E-state index contributed by atoms with van der Waals surface area (Å²) in [5.41, 5.74) is 1.03. The molecular weight excluding hydrogens is 264 g/mol. The Morgan fingerprint density at radius 1 is 1.24 bits per heavy atom.